The van der Waals surface area contributed by atoms with Crippen molar-refractivity contribution in [3.05, 3.63) is 17.7 Å². The lowest BCUT2D eigenvalue weighted by molar-refractivity contribution is -0.139. The van der Waals surface area contributed by atoms with Crippen molar-refractivity contribution in [3.63, 3.8) is 0 Å². The van der Waals surface area contributed by atoms with Gasteiger partial charge in [0.1, 0.15) is 0 Å². The highest BCUT2D eigenvalue weighted by Crippen LogP contribution is 2.36. The second-order valence-electron chi connectivity index (χ2n) is 4.51. The molecule has 0 saturated carbocycles. The Kier molecular flexibility index (Phi) is 3.59. The van der Waals surface area contributed by atoms with E-state index in [2.05, 4.69) is 5.32 Å². The smallest absolute Gasteiger partial charge is 0.304 e. The molecule has 0 aliphatic carbocycles. The number of carbonyl (C=O) groups is 2. The number of fused-ring (bicyclic) bond motifs is 1. The molecule has 1 heterocycles. The number of aliphatic carboxylic acids is 1. The van der Waals surface area contributed by atoms with Gasteiger partial charge in [-0.05, 0) is 18.6 Å². The summed E-state index contributed by atoms with van der Waals surface area (Å²) < 4.78 is 10.5. The van der Waals surface area contributed by atoms with Crippen molar-refractivity contribution in [2.45, 2.75) is 20.3 Å². The van der Waals surface area contributed by atoms with Crippen LogP contribution in [0.3, 0.4) is 0 Å². The van der Waals surface area contributed by atoms with E-state index in [1.807, 2.05) is 6.92 Å². The Morgan fingerprint density at radius 3 is 2.63 bits per heavy atom. The predicted octanol–water partition coefficient (Wildman–Crippen LogP) is 1.77. The lowest BCUT2D eigenvalue weighted by atomic mass is 10.1. The van der Waals surface area contributed by atoms with Gasteiger partial charge in [-0.2, -0.15) is 0 Å². The van der Waals surface area contributed by atoms with Gasteiger partial charge in [0, 0.05) is 17.7 Å². The van der Waals surface area contributed by atoms with Gasteiger partial charge in [0.25, 0.3) is 0 Å². The molecule has 1 aliphatic heterocycles. The summed E-state index contributed by atoms with van der Waals surface area (Å²) in [4.78, 5) is 22.4. The standard InChI is InChI=1S/C13H15NO5/c1-7-3-10-11(19-6-18-10)5-9(7)14-13(17)8(2)4-12(15)16/h3,5,8H,4,6H2,1-2H3,(H,14,17)(H,15,16). The molecule has 1 aromatic rings. The van der Waals surface area contributed by atoms with E-state index < -0.39 is 11.9 Å². The van der Waals surface area contributed by atoms with Crippen LogP contribution in [0.5, 0.6) is 11.5 Å². The first kappa shape index (κ1) is 13.2. The average Bonchev–Trinajstić information content (AvgIpc) is 2.75. The van der Waals surface area contributed by atoms with Crippen LogP contribution in [-0.2, 0) is 9.59 Å². The van der Waals surface area contributed by atoms with E-state index in [0.29, 0.717) is 17.2 Å². The van der Waals surface area contributed by atoms with Crippen LogP contribution in [0.1, 0.15) is 18.9 Å². The Morgan fingerprint density at radius 1 is 1.37 bits per heavy atom. The van der Waals surface area contributed by atoms with E-state index in [9.17, 15) is 9.59 Å². The van der Waals surface area contributed by atoms with Crippen molar-refractivity contribution in [3.8, 4) is 11.5 Å². The van der Waals surface area contributed by atoms with Crippen LogP contribution in [0.2, 0.25) is 0 Å². The molecule has 6 heteroatoms. The van der Waals surface area contributed by atoms with Crippen LogP contribution in [0.25, 0.3) is 0 Å². The van der Waals surface area contributed by atoms with Crippen LogP contribution in [0, 0.1) is 12.8 Å². The number of rotatable bonds is 4. The Hall–Kier alpha value is -2.24. The molecule has 19 heavy (non-hydrogen) atoms. The minimum absolute atomic E-state index is 0.168. The van der Waals surface area contributed by atoms with Crippen LogP contribution >= 0.6 is 0 Å². The zero-order valence-corrected chi connectivity index (χ0v) is 10.7. The first-order chi connectivity index (χ1) is 8.97. The summed E-state index contributed by atoms with van der Waals surface area (Å²) >= 11 is 0. The molecule has 0 saturated heterocycles. The maximum absolute atomic E-state index is 11.9. The fourth-order valence-electron chi connectivity index (χ4n) is 1.79. The Balaban J connectivity index is 2.11. The van der Waals surface area contributed by atoms with Gasteiger partial charge in [0.15, 0.2) is 11.5 Å². The maximum Gasteiger partial charge on any atom is 0.304 e. The number of anilines is 1. The van der Waals surface area contributed by atoms with Gasteiger partial charge in [0.05, 0.1) is 6.42 Å². The summed E-state index contributed by atoms with van der Waals surface area (Å²) in [6.07, 6.45) is -0.199. The molecule has 2 N–H and O–H groups in total. The van der Waals surface area contributed by atoms with Crippen molar-refractivity contribution >= 4 is 17.6 Å². The minimum atomic E-state index is -0.995. The Bertz CT molecular complexity index is 526. The molecule has 6 nitrogen and oxygen atoms in total. The van der Waals surface area contributed by atoms with Gasteiger partial charge >= 0.3 is 5.97 Å². The van der Waals surface area contributed by atoms with Gasteiger partial charge in [-0.1, -0.05) is 6.92 Å². The minimum Gasteiger partial charge on any atom is -0.481 e. The van der Waals surface area contributed by atoms with Crippen LogP contribution < -0.4 is 14.8 Å². The molecule has 102 valence electrons. The van der Waals surface area contributed by atoms with Crippen molar-refractivity contribution in [1.82, 2.24) is 0 Å². The van der Waals surface area contributed by atoms with Gasteiger partial charge in [-0.15, -0.1) is 0 Å². The molecule has 0 bridgehead atoms. The van der Waals surface area contributed by atoms with Gasteiger partial charge in [-0.3, -0.25) is 9.59 Å². The fraction of sp³-hybridized carbons (Fsp3) is 0.385. The molecular formula is C13H15NO5. The quantitative estimate of drug-likeness (QED) is 0.866. The predicted molar refractivity (Wildman–Crippen MR) is 67.3 cm³/mol. The molecule has 1 aromatic carbocycles. The Morgan fingerprint density at radius 2 is 2.00 bits per heavy atom. The average molecular weight is 265 g/mol. The highest BCUT2D eigenvalue weighted by atomic mass is 16.7. The Labute approximate surface area is 110 Å². The number of amides is 1. The summed E-state index contributed by atoms with van der Waals surface area (Å²) in [5.41, 5.74) is 1.44. The number of hydrogen-bond acceptors (Lipinski definition) is 4. The van der Waals surface area contributed by atoms with Gasteiger partial charge in [-0.25, -0.2) is 0 Å². The molecule has 0 fully saturated rings. The first-order valence-corrected chi connectivity index (χ1v) is 5.90. The van der Waals surface area contributed by atoms with E-state index in [1.54, 1.807) is 19.1 Å². The number of carbonyl (C=O) groups excluding carboxylic acids is 1. The number of hydrogen-bond donors (Lipinski definition) is 2. The van der Waals surface area contributed by atoms with Crippen molar-refractivity contribution in [2.75, 3.05) is 12.1 Å². The molecule has 1 unspecified atom stereocenters. The summed E-state index contributed by atoms with van der Waals surface area (Å²) in [5, 5.41) is 11.4. The molecule has 2 rings (SSSR count). The zero-order chi connectivity index (χ0) is 14.0. The highest BCUT2D eigenvalue weighted by Gasteiger charge is 2.20. The van der Waals surface area contributed by atoms with E-state index in [-0.39, 0.29) is 19.1 Å². The molecule has 1 aliphatic rings. The summed E-state index contributed by atoms with van der Waals surface area (Å²) in [5.74, 6) is -0.697. The van der Waals surface area contributed by atoms with E-state index in [0.717, 1.165) is 5.56 Å². The van der Waals surface area contributed by atoms with E-state index >= 15 is 0 Å². The van der Waals surface area contributed by atoms with Crippen LogP contribution in [0.15, 0.2) is 12.1 Å². The molecule has 0 aromatic heterocycles. The van der Waals surface area contributed by atoms with E-state index in [4.69, 9.17) is 14.6 Å². The van der Waals surface area contributed by atoms with Crippen LogP contribution in [-0.4, -0.2) is 23.8 Å². The highest BCUT2D eigenvalue weighted by molar-refractivity contribution is 5.95. The third-order valence-electron chi connectivity index (χ3n) is 2.91. The largest absolute Gasteiger partial charge is 0.481 e. The van der Waals surface area contributed by atoms with Crippen molar-refractivity contribution in [2.24, 2.45) is 5.92 Å². The van der Waals surface area contributed by atoms with Crippen molar-refractivity contribution in [1.29, 1.82) is 0 Å². The van der Waals surface area contributed by atoms with Gasteiger partial charge < -0.3 is 19.9 Å². The molecule has 1 amide bonds. The molecule has 0 spiro atoms. The molecule has 1 atom stereocenters. The zero-order valence-electron chi connectivity index (χ0n) is 10.7. The lowest BCUT2D eigenvalue weighted by Gasteiger charge is -2.12. The van der Waals surface area contributed by atoms with Gasteiger partial charge in [0.2, 0.25) is 12.7 Å². The number of aryl methyl sites for hydroxylation is 1. The third-order valence-corrected chi connectivity index (χ3v) is 2.91. The van der Waals surface area contributed by atoms with Crippen LogP contribution in [0.4, 0.5) is 5.69 Å². The number of ether oxygens (including phenoxy) is 2. The van der Waals surface area contributed by atoms with E-state index in [1.165, 1.54) is 0 Å². The summed E-state index contributed by atoms with van der Waals surface area (Å²) in [6, 6.07) is 3.46. The molecule has 0 radical (unpaired) electrons. The number of carboxylic acids is 1. The number of carboxylic acid groups (broad SMARTS) is 1. The molecular weight excluding hydrogens is 250 g/mol. The monoisotopic (exact) mass is 265 g/mol. The number of benzene rings is 1. The SMILES string of the molecule is Cc1cc2c(cc1NC(=O)C(C)CC(=O)O)OCO2. The van der Waals surface area contributed by atoms with Crippen molar-refractivity contribution < 1.29 is 24.2 Å². The second kappa shape index (κ2) is 5.17. The summed E-state index contributed by atoms with van der Waals surface area (Å²) in [6.45, 7) is 3.58. The normalized spacial score (nSPS) is 14.0. The maximum atomic E-state index is 11.9. The lowest BCUT2D eigenvalue weighted by Crippen LogP contribution is -2.23. The first-order valence-electron chi connectivity index (χ1n) is 5.90. The number of nitrogens with one attached hydrogen (secondary N) is 1. The second-order valence-corrected chi connectivity index (χ2v) is 4.51. The summed E-state index contributed by atoms with van der Waals surface area (Å²) in [7, 11) is 0. The third kappa shape index (κ3) is 2.96. The fourth-order valence-corrected chi connectivity index (χ4v) is 1.79. The topological polar surface area (TPSA) is 84.9 Å².